The highest BCUT2D eigenvalue weighted by Crippen LogP contribution is 2.32. The lowest BCUT2D eigenvalue weighted by molar-refractivity contribution is -0.138. The molecule has 0 aliphatic rings. The standard InChI is InChI=1S/C22H13F6N8O3P/c23-21(24,25)13-1-5-17(6-2-13)35-19(9-15(11-29)31-35)33-38-40(37)39-34-20-10-16(12-30)32-36(20)18-7-3-14(4-8-18)22(26,27)28/h1-10,33-34,40H. The van der Waals surface area contributed by atoms with Gasteiger partial charge in [-0.2, -0.15) is 56.3 Å². The molecule has 2 aromatic heterocycles. The number of halogens is 6. The van der Waals surface area contributed by atoms with Gasteiger partial charge in [0.05, 0.1) is 22.5 Å². The predicted octanol–water partition coefficient (Wildman–Crippen LogP) is 5.62. The Morgan fingerprint density at radius 3 is 1.35 bits per heavy atom. The van der Waals surface area contributed by atoms with Crippen LogP contribution in [0.4, 0.5) is 38.0 Å². The average Bonchev–Trinajstić information content (AvgIpc) is 3.54. The van der Waals surface area contributed by atoms with E-state index >= 15 is 0 Å². The molecule has 0 saturated heterocycles. The van der Waals surface area contributed by atoms with Crippen LogP contribution in [0.3, 0.4) is 0 Å². The molecule has 0 bridgehead atoms. The molecular formula is C22H13F6N8O3P. The molecule has 11 nitrogen and oxygen atoms in total. The fourth-order valence-corrected chi connectivity index (χ4v) is 3.62. The monoisotopic (exact) mass is 582 g/mol. The van der Waals surface area contributed by atoms with Crippen molar-refractivity contribution < 1.29 is 40.2 Å². The first-order valence-electron chi connectivity index (χ1n) is 10.6. The zero-order chi connectivity index (χ0) is 29.1. The Kier molecular flexibility index (Phi) is 7.83. The first-order valence-corrected chi connectivity index (χ1v) is 11.9. The molecule has 0 amide bonds. The molecule has 2 aromatic carbocycles. The maximum absolute atomic E-state index is 12.9. The summed E-state index contributed by atoms with van der Waals surface area (Å²) in [6.45, 7) is 0. The molecule has 206 valence electrons. The smallest absolute Gasteiger partial charge is 0.259 e. The third-order valence-electron chi connectivity index (χ3n) is 5.00. The van der Waals surface area contributed by atoms with Gasteiger partial charge in [0.25, 0.3) is 0 Å². The number of alkyl halides is 6. The summed E-state index contributed by atoms with van der Waals surface area (Å²) in [6.07, 6.45) is -9.13. The minimum absolute atomic E-state index is 0.0835. The van der Waals surface area contributed by atoms with Crippen LogP contribution in [-0.4, -0.2) is 19.6 Å². The first-order chi connectivity index (χ1) is 18.9. The predicted molar refractivity (Wildman–Crippen MR) is 125 cm³/mol. The quantitative estimate of drug-likeness (QED) is 0.154. The van der Waals surface area contributed by atoms with E-state index in [2.05, 4.69) is 21.2 Å². The molecular weight excluding hydrogens is 569 g/mol. The second-order valence-corrected chi connectivity index (χ2v) is 8.53. The van der Waals surface area contributed by atoms with Gasteiger partial charge in [-0.05, 0) is 48.5 Å². The van der Waals surface area contributed by atoms with Crippen molar-refractivity contribution in [3.63, 3.8) is 0 Å². The van der Waals surface area contributed by atoms with Crippen LogP contribution in [-0.2, 0) is 26.2 Å². The molecule has 0 aliphatic heterocycles. The van der Waals surface area contributed by atoms with Gasteiger partial charge in [0.15, 0.2) is 23.0 Å². The molecule has 0 fully saturated rings. The molecule has 2 heterocycles. The molecule has 0 saturated carbocycles. The van der Waals surface area contributed by atoms with Crippen molar-refractivity contribution in [2.75, 3.05) is 11.0 Å². The highest BCUT2D eigenvalue weighted by molar-refractivity contribution is 7.33. The lowest BCUT2D eigenvalue weighted by Gasteiger charge is -2.12. The summed E-state index contributed by atoms with van der Waals surface area (Å²) in [5.74, 6) is -0.167. The lowest BCUT2D eigenvalue weighted by atomic mass is 10.2. The van der Waals surface area contributed by atoms with Crippen molar-refractivity contribution >= 4 is 19.9 Å². The molecule has 18 heteroatoms. The van der Waals surface area contributed by atoms with Crippen LogP contribution in [0.15, 0.2) is 60.7 Å². The number of hydrogen-bond acceptors (Lipinski definition) is 9. The Balaban J connectivity index is 1.45. The number of nitriles is 2. The van der Waals surface area contributed by atoms with E-state index in [0.29, 0.717) is 0 Å². The van der Waals surface area contributed by atoms with Gasteiger partial charge in [0.2, 0.25) is 0 Å². The first kappa shape index (κ1) is 28.2. The molecule has 0 atom stereocenters. The summed E-state index contributed by atoms with van der Waals surface area (Å²) in [5, 5.41) is 26.1. The minimum Gasteiger partial charge on any atom is -0.259 e. The third kappa shape index (κ3) is 6.41. The van der Waals surface area contributed by atoms with Crippen LogP contribution in [0.25, 0.3) is 11.4 Å². The molecule has 40 heavy (non-hydrogen) atoms. The summed E-state index contributed by atoms with van der Waals surface area (Å²) in [4.78, 5) is 0. The SMILES string of the molecule is N#Cc1cc(NO[PH](=O)ONc2cc(C#N)nn2-c2ccc(C(F)(F)F)cc2)n(-c2ccc(C(F)(F)F)cc2)n1. The summed E-state index contributed by atoms with van der Waals surface area (Å²) >= 11 is 0. The number of nitrogens with one attached hydrogen (secondary N) is 2. The Labute approximate surface area is 220 Å². The fraction of sp³-hybridized carbons (Fsp3) is 0.0909. The molecule has 4 aromatic rings. The van der Waals surface area contributed by atoms with Crippen molar-refractivity contribution in [3.8, 4) is 23.5 Å². The topological polar surface area (TPSA) is 143 Å². The largest absolute Gasteiger partial charge is 0.416 e. The van der Waals surface area contributed by atoms with E-state index in [4.69, 9.17) is 19.8 Å². The Morgan fingerprint density at radius 1 is 0.700 bits per heavy atom. The minimum atomic E-state index is -4.56. The molecule has 4 rings (SSSR count). The van der Waals surface area contributed by atoms with Crippen LogP contribution in [0.2, 0.25) is 0 Å². The fourth-order valence-electron chi connectivity index (χ4n) is 3.20. The van der Waals surface area contributed by atoms with E-state index in [1.807, 2.05) is 0 Å². The van der Waals surface area contributed by atoms with E-state index in [1.165, 1.54) is 12.1 Å². The number of anilines is 2. The number of hydrogen-bond donors (Lipinski definition) is 2. The maximum atomic E-state index is 12.9. The van der Waals surface area contributed by atoms with Gasteiger partial charge < -0.3 is 0 Å². The summed E-state index contributed by atoms with van der Waals surface area (Å²) in [5.41, 5.74) is 2.61. The van der Waals surface area contributed by atoms with Crippen molar-refractivity contribution in [2.45, 2.75) is 12.4 Å². The molecule has 0 spiro atoms. The maximum Gasteiger partial charge on any atom is 0.416 e. The van der Waals surface area contributed by atoms with E-state index in [9.17, 15) is 30.9 Å². The van der Waals surface area contributed by atoms with Gasteiger partial charge in [-0.25, -0.2) is 20.3 Å². The zero-order valence-corrected chi connectivity index (χ0v) is 20.4. The zero-order valence-electron chi connectivity index (χ0n) is 19.4. The van der Waals surface area contributed by atoms with E-state index in [-0.39, 0.29) is 34.4 Å². The van der Waals surface area contributed by atoms with Crippen LogP contribution < -0.4 is 11.0 Å². The van der Waals surface area contributed by atoms with E-state index in [0.717, 1.165) is 57.9 Å². The van der Waals surface area contributed by atoms with Gasteiger partial charge in [0, 0.05) is 12.1 Å². The Morgan fingerprint density at radius 2 is 1.05 bits per heavy atom. The van der Waals surface area contributed by atoms with Gasteiger partial charge in [-0.3, -0.25) is 4.57 Å². The number of nitrogens with zero attached hydrogens (tertiary/aromatic N) is 6. The highest BCUT2D eigenvalue weighted by atomic mass is 31.1. The van der Waals surface area contributed by atoms with Crippen LogP contribution in [0.5, 0.6) is 0 Å². The average molecular weight is 582 g/mol. The summed E-state index contributed by atoms with van der Waals surface area (Å²) < 4.78 is 101. The Bertz CT molecular complexity index is 1500. The second kappa shape index (κ2) is 11.1. The molecule has 0 radical (unpaired) electrons. The van der Waals surface area contributed by atoms with E-state index in [1.54, 1.807) is 12.1 Å². The number of benzene rings is 2. The van der Waals surface area contributed by atoms with Gasteiger partial charge in [-0.15, -0.1) is 0 Å². The molecule has 0 aliphatic carbocycles. The highest BCUT2D eigenvalue weighted by Gasteiger charge is 2.31. The van der Waals surface area contributed by atoms with Crippen LogP contribution >= 0.6 is 8.25 Å². The molecule has 0 unspecified atom stereocenters. The van der Waals surface area contributed by atoms with Gasteiger partial charge >= 0.3 is 20.6 Å². The van der Waals surface area contributed by atoms with Crippen LogP contribution in [0, 0.1) is 22.7 Å². The van der Waals surface area contributed by atoms with E-state index < -0.39 is 31.7 Å². The third-order valence-corrected chi connectivity index (χ3v) is 5.54. The van der Waals surface area contributed by atoms with Crippen LogP contribution in [0.1, 0.15) is 22.5 Å². The summed E-state index contributed by atoms with van der Waals surface area (Å²) in [6, 6.07) is 13.4. The second-order valence-electron chi connectivity index (χ2n) is 7.62. The van der Waals surface area contributed by atoms with Crippen molar-refractivity contribution in [2.24, 2.45) is 0 Å². The van der Waals surface area contributed by atoms with Gasteiger partial charge in [-0.1, -0.05) is 0 Å². The van der Waals surface area contributed by atoms with Crippen molar-refractivity contribution in [1.82, 2.24) is 19.6 Å². The lowest BCUT2D eigenvalue weighted by Crippen LogP contribution is -2.09. The van der Waals surface area contributed by atoms with Crippen molar-refractivity contribution in [1.29, 1.82) is 10.5 Å². The number of aromatic nitrogens is 4. The summed E-state index contributed by atoms with van der Waals surface area (Å²) in [7, 11) is -3.44. The molecule has 2 N–H and O–H groups in total. The Hall–Kier alpha value is -4.83. The van der Waals surface area contributed by atoms with Crippen molar-refractivity contribution in [3.05, 3.63) is 83.2 Å². The number of rotatable bonds is 8. The normalized spacial score (nSPS) is 11.7. The van der Waals surface area contributed by atoms with Gasteiger partial charge in [0.1, 0.15) is 12.1 Å².